The van der Waals surface area contributed by atoms with Gasteiger partial charge in [0, 0.05) is 17.0 Å². The number of benzene rings is 2. The number of aromatic nitrogens is 3. The zero-order valence-electron chi connectivity index (χ0n) is 18.5. The van der Waals surface area contributed by atoms with E-state index < -0.39 is 6.23 Å². The summed E-state index contributed by atoms with van der Waals surface area (Å²) in [6.07, 6.45) is 1.60. The highest BCUT2D eigenvalue weighted by Gasteiger charge is 2.30. The number of hydrogen-bond donors (Lipinski definition) is 1. The second-order valence-corrected chi connectivity index (χ2v) is 8.12. The molecule has 0 aliphatic carbocycles. The first-order chi connectivity index (χ1) is 15.7. The molecular formula is C23H26N4O4S. The molecule has 168 valence electrons. The highest BCUT2D eigenvalue weighted by molar-refractivity contribution is 7.99. The maximum atomic E-state index is 6.37. The topological polar surface area (TPSA) is 87.6 Å². The van der Waals surface area contributed by atoms with Gasteiger partial charge < -0.3 is 24.3 Å². The predicted molar refractivity (Wildman–Crippen MR) is 124 cm³/mol. The number of rotatable bonds is 8. The number of unbranched alkanes of at least 4 members (excludes halogenated alkanes) is 1. The van der Waals surface area contributed by atoms with Crippen molar-refractivity contribution in [3.05, 3.63) is 42.0 Å². The first-order valence-electron chi connectivity index (χ1n) is 10.4. The second kappa shape index (κ2) is 9.95. The molecule has 1 atom stereocenters. The highest BCUT2D eigenvalue weighted by Crippen LogP contribution is 2.46. The van der Waals surface area contributed by atoms with Crippen molar-refractivity contribution < 1.29 is 18.9 Å². The minimum absolute atomic E-state index is 0.415. The fraction of sp³-hybridized carbons (Fsp3) is 0.348. The van der Waals surface area contributed by atoms with Crippen molar-refractivity contribution in [2.24, 2.45) is 0 Å². The van der Waals surface area contributed by atoms with Crippen molar-refractivity contribution in [3.63, 3.8) is 0 Å². The van der Waals surface area contributed by atoms with Crippen LogP contribution in [-0.2, 0) is 0 Å². The Morgan fingerprint density at radius 1 is 1.00 bits per heavy atom. The normalized spacial score (nSPS) is 14.3. The molecule has 0 saturated heterocycles. The molecule has 0 bridgehead atoms. The van der Waals surface area contributed by atoms with E-state index in [2.05, 4.69) is 27.4 Å². The molecule has 2 heterocycles. The summed E-state index contributed by atoms with van der Waals surface area (Å²) in [5.41, 5.74) is 3.06. The van der Waals surface area contributed by atoms with E-state index in [9.17, 15) is 0 Å². The standard InChI is InChI=1S/C23H26N4O4S/c1-5-6-13-32-23-25-22-18(26-27-23)14-9-7-8-10-16(14)24-21(31-22)15-11-12-17(28-2)20(30-4)19(15)29-3/h7-12,21,24H,5-6,13H2,1-4H3/t21-/m0/s1. The van der Waals surface area contributed by atoms with Crippen molar-refractivity contribution in [1.82, 2.24) is 15.2 Å². The Kier molecular flexibility index (Phi) is 6.84. The van der Waals surface area contributed by atoms with Crippen LogP contribution in [0.5, 0.6) is 23.1 Å². The van der Waals surface area contributed by atoms with Gasteiger partial charge in [0.25, 0.3) is 0 Å². The molecule has 0 spiro atoms. The lowest BCUT2D eigenvalue weighted by Crippen LogP contribution is -2.18. The van der Waals surface area contributed by atoms with Crippen molar-refractivity contribution >= 4 is 17.4 Å². The minimum atomic E-state index is -0.600. The van der Waals surface area contributed by atoms with E-state index >= 15 is 0 Å². The molecule has 1 aliphatic heterocycles. The third kappa shape index (κ3) is 4.25. The smallest absolute Gasteiger partial charge is 0.247 e. The summed E-state index contributed by atoms with van der Waals surface area (Å²) >= 11 is 1.58. The Labute approximate surface area is 191 Å². The lowest BCUT2D eigenvalue weighted by molar-refractivity contribution is 0.217. The Hall–Kier alpha value is -3.20. The van der Waals surface area contributed by atoms with Crippen LogP contribution in [0.4, 0.5) is 5.69 Å². The highest BCUT2D eigenvalue weighted by atomic mass is 32.2. The molecule has 2 aromatic carbocycles. The lowest BCUT2D eigenvalue weighted by Gasteiger charge is -2.23. The number of nitrogens with one attached hydrogen (secondary N) is 1. The Bertz CT molecular complexity index is 1100. The largest absolute Gasteiger partial charge is 0.493 e. The predicted octanol–water partition coefficient (Wildman–Crippen LogP) is 4.96. The number of nitrogens with zero attached hydrogens (tertiary/aromatic N) is 3. The van der Waals surface area contributed by atoms with Gasteiger partial charge in [-0.05, 0) is 24.6 Å². The minimum Gasteiger partial charge on any atom is -0.493 e. The molecule has 32 heavy (non-hydrogen) atoms. The van der Waals surface area contributed by atoms with Crippen LogP contribution in [0.1, 0.15) is 31.6 Å². The molecule has 1 N–H and O–H groups in total. The first-order valence-corrected chi connectivity index (χ1v) is 11.4. The van der Waals surface area contributed by atoms with Crippen LogP contribution in [0.15, 0.2) is 41.6 Å². The van der Waals surface area contributed by atoms with Gasteiger partial charge in [-0.3, -0.25) is 0 Å². The summed E-state index contributed by atoms with van der Waals surface area (Å²) in [7, 11) is 4.75. The number of hydrogen-bond acceptors (Lipinski definition) is 9. The van der Waals surface area contributed by atoms with Crippen LogP contribution in [0.3, 0.4) is 0 Å². The van der Waals surface area contributed by atoms with Crippen LogP contribution in [-0.4, -0.2) is 42.3 Å². The van der Waals surface area contributed by atoms with E-state index in [1.54, 1.807) is 33.1 Å². The summed E-state index contributed by atoms with van der Waals surface area (Å²) < 4.78 is 23.0. The Balaban J connectivity index is 1.80. The van der Waals surface area contributed by atoms with Crippen LogP contribution < -0.4 is 24.3 Å². The molecule has 0 fully saturated rings. The average Bonchev–Trinajstić information content (AvgIpc) is 2.99. The first kappa shape index (κ1) is 22.0. The number of thioether (sulfide) groups is 1. The summed E-state index contributed by atoms with van der Waals surface area (Å²) in [6, 6.07) is 11.6. The molecule has 4 rings (SSSR count). The van der Waals surface area contributed by atoms with E-state index in [4.69, 9.17) is 18.9 Å². The molecular weight excluding hydrogens is 428 g/mol. The van der Waals surface area contributed by atoms with Gasteiger partial charge in [-0.15, -0.1) is 10.2 Å². The van der Waals surface area contributed by atoms with E-state index in [-0.39, 0.29) is 0 Å². The third-order valence-corrected chi connectivity index (χ3v) is 6.00. The van der Waals surface area contributed by atoms with Crippen LogP contribution in [0.2, 0.25) is 0 Å². The number of para-hydroxylation sites is 1. The number of anilines is 1. The van der Waals surface area contributed by atoms with Gasteiger partial charge >= 0.3 is 0 Å². The molecule has 0 amide bonds. The van der Waals surface area contributed by atoms with E-state index in [0.717, 1.165) is 35.4 Å². The van der Waals surface area contributed by atoms with Gasteiger partial charge in [0.1, 0.15) is 0 Å². The van der Waals surface area contributed by atoms with E-state index in [0.29, 0.717) is 34.0 Å². The number of fused-ring (bicyclic) bond motifs is 3. The summed E-state index contributed by atoms with van der Waals surface area (Å²) in [6.45, 7) is 2.16. The molecule has 0 unspecified atom stereocenters. The fourth-order valence-corrected chi connectivity index (χ4v) is 4.35. The fourth-order valence-electron chi connectivity index (χ4n) is 3.49. The van der Waals surface area contributed by atoms with Gasteiger partial charge in [0.15, 0.2) is 17.2 Å². The molecule has 9 heteroatoms. The SMILES string of the molecule is CCCCSc1nnc2c(n1)O[C@@H](c1ccc(OC)c(OC)c1OC)Nc1ccccc1-2. The Morgan fingerprint density at radius 3 is 2.56 bits per heavy atom. The van der Waals surface area contributed by atoms with Crippen LogP contribution in [0.25, 0.3) is 11.3 Å². The molecule has 0 saturated carbocycles. The third-order valence-electron chi connectivity index (χ3n) is 5.08. The maximum absolute atomic E-state index is 6.37. The number of ether oxygens (including phenoxy) is 4. The molecule has 1 aliphatic rings. The van der Waals surface area contributed by atoms with Gasteiger partial charge in [-0.2, -0.15) is 4.98 Å². The van der Waals surface area contributed by atoms with Gasteiger partial charge in [0.05, 0.1) is 26.9 Å². The summed E-state index contributed by atoms with van der Waals surface area (Å²) in [4.78, 5) is 4.68. The lowest BCUT2D eigenvalue weighted by atomic mass is 10.1. The molecule has 0 radical (unpaired) electrons. The molecule has 1 aromatic heterocycles. The van der Waals surface area contributed by atoms with Gasteiger partial charge in [-0.25, -0.2) is 0 Å². The van der Waals surface area contributed by atoms with Crippen LogP contribution in [0, 0.1) is 0 Å². The van der Waals surface area contributed by atoms with Crippen molar-refractivity contribution in [1.29, 1.82) is 0 Å². The quantitative estimate of drug-likeness (QED) is 0.375. The number of methoxy groups -OCH3 is 3. The van der Waals surface area contributed by atoms with Crippen molar-refractivity contribution in [2.75, 3.05) is 32.4 Å². The second-order valence-electron chi connectivity index (χ2n) is 7.06. The summed E-state index contributed by atoms with van der Waals surface area (Å²) in [5.74, 6) is 2.93. The molecule has 8 nitrogen and oxygen atoms in total. The molecule has 3 aromatic rings. The van der Waals surface area contributed by atoms with Gasteiger partial charge in [0.2, 0.25) is 23.0 Å². The van der Waals surface area contributed by atoms with E-state index in [1.165, 1.54) is 0 Å². The monoisotopic (exact) mass is 454 g/mol. The van der Waals surface area contributed by atoms with Crippen molar-refractivity contribution in [2.45, 2.75) is 31.1 Å². The average molecular weight is 455 g/mol. The van der Waals surface area contributed by atoms with Crippen LogP contribution >= 0.6 is 11.8 Å². The Morgan fingerprint density at radius 2 is 1.81 bits per heavy atom. The van der Waals surface area contributed by atoms with Gasteiger partial charge in [-0.1, -0.05) is 43.3 Å². The zero-order valence-corrected chi connectivity index (χ0v) is 19.4. The zero-order chi connectivity index (χ0) is 22.5. The van der Waals surface area contributed by atoms with Crippen molar-refractivity contribution in [3.8, 4) is 34.4 Å². The maximum Gasteiger partial charge on any atom is 0.247 e. The summed E-state index contributed by atoms with van der Waals surface area (Å²) in [5, 5.41) is 12.8. The van der Waals surface area contributed by atoms with E-state index in [1.807, 2.05) is 36.4 Å².